The third-order valence-corrected chi connectivity index (χ3v) is 3.30. The minimum absolute atomic E-state index is 0.318. The number of aliphatic hydroxyl groups is 1. The van der Waals surface area contributed by atoms with Crippen molar-refractivity contribution in [3.8, 4) is 0 Å². The molecule has 0 saturated carbocycles. The second-order valence-electron chi connectivity index (χ2n) is 6.01. The highest BCUT2D eigenvalue weighted by Gasteiger charge is 2.37. The fourth-order valence-corrected chi connectivity index (χ4v) is 2.20. The van der Waals surface area contributed by atoms with Gasteiger partial charge in [-0.1, -0.05) is 0 Å². The first-order valence-corrected chi connectivity index (χ1v) is 6.53. The van der Waals surface area contributed by atoms with Gasteiger partial charge < -0.3 is 19.2 Å². The van der Waals surface area contributed by atoms with Gasteiger partial charge in [0, 0.05) is 18.7 Å². The Kier molecular flexibility index (Phi) is 3.58. The van der Waals surface area contributed by atoms with E-state index in [0.717, 1.165) is 5.56 Å². The molecular formula is C14H21NO4. The molecule has 5 nitrogen and oxygen atoms in total. The summed E-state index contributed by atoms with van der Waals surface area (Å²) in [7, 11) is 0. The molecule has 1 aromatic heterocycles. The van der Waals surface area contributed by atoms with Crippen molar-refractivity contribution < 1.29 is 19.1 Å². The van der Waals surface area contributed by atoms with Gasteiger partial charge in [-0.3, -0.25) is 0 Å². The van der Waals surface area contributed by atoms with Crippen LogP contribution in [0.3, 0.4) is 0 Å². The van der Waals surface area contributed by atoms with Gasteiger partial charge >= 0.3 is 6.09 Å². The number of nitrogens with zero attached hydrogens (tertiary/aromatic N) is 1. The molecule has 1 aliphatic heterocycles. The van der Waals surface area contributed by atoms with Crippen LogP contribution in [0.2, 0.25) is 0 Å². The highest BCUT2D eigenvalue weighted by Crippen LogP contribution is 2.33. The molecule has 0 radical (unpaired) electrons. The van der Waals surface area contributed by atoms with Crippen LogP contribution >= 0.6 is 0 Å². The lowest BCUT2D eigenvalue weighted by atomic mass is 9.86. The van der Waals surface area contributed by atoms with Gasteiger partial charge in [0.2, 0.25) is 0 Å². The number of ether oxygens (including phenoxy) is 1. The Morgan fingerprint density at radius 2 is 2.05 bits per heavy atom. The number of likely N-dealkylation sites (tertiary alicyclic amines) is 1. The van der Waals surface area contributed by atoms with Gasteiger partial charge in [-0.15, -0.1) is 0 Å². The van der Waals surface area contributed by atoms with Crippen LogP contribution in [-0.2, 0) is 10.3 Å². The molecule has 0 unspecified atom stereocenters. The number of piperidine rings is 1. The van der Waals surface area contributed by atoms with E-state index in [-0.39, 0.29) is 6.09 Å². The van der Waals surface area contributed by atoms with Crippen molar-refractivity contribution in [1.82, 2.24) is 4.90 Å². The van der Waals surface area contributed by atoms with E-state index in [0.29, 0.717) is 25.9 Å². The van der Waals surface area contributed by atoms with Crippen LogP contribution < -0.4 is 0 Å². The second-order valence-corrected chi connectivity index (χ2v) is 6.01. The predicted octanol–water partition coefficient (Wildman–Crippen LogP) is 2.50. The van der Waals surface area contributed by atoms with Crippen LogP contribution in [0.1, 0.15) is 39.2 Å². The van der Waals surface area contributed by atoms with Crippen molar-refractivity contribution in [3.05, 3.63) is 24.2 Å². The number of rotatable bonds is 1. The Bertz CT molecular complexity index is 425. The third-order valence-electron chi connectivity index (χ3n) is 3.30. The topological polar surface area (TPSA) is 62.9 Å². The molecule has 1 amide bonds. The molecule has 1 N–H and O–H groups in total. The summed E-state index contributed by atoms with van der Waals surface area (Å²) >= 11 is 0. The molecule has 0 spiro atoms. The van der Waals surface area contributed by atoms with Gasteiger partial charge in [0.25, 0.3) is 0 Å². The fraction of sp³-hybridized carbons (Fsp3) is 0.643. The fourth-order valence-electron chi connectivity index (χ4n) is 2.20. The summed E-state index contributed by atoms with van der Waals surface area (Å²) in [6, 6.07) is 1.77. The molecule has 106 valence electrons. The predicted molar refractivity (Wildman–Crippen MR) is 69.6 cm³/mol. The molecule has 0 aromatic carbocycles. The molecular weight excluding hydrogens is 246 g/mol. The van der Waals surface area contributed by atoms with E-state index < -0.39 is 11.2 Å². The lowest BCUT2D eigenvalue weighted by Gasteiger charge is -2.38. The van der Waals surface area contributed by atoms with Gasteiger partial charge in [0.1, 0.15) is 5.60 Å². The van der Waals surface area contributed by atoms with Gasteiger partial charge in [0.05, 0.1) is 18.1 Å². The summed E-state index contributed by atoms with van der Waals surface area (Å²) in [6.45, 7) is 6.50. The summed E-state index contributed by atoms with van der Waals surface area (Å²) in [6.07, 6.45) is 3.77. The zero-order valence-corrected chi connectivity index (χ0v) is 11.7. The maximum Gasteiger partial charge on any atom is 0.410 e. The number of carbonyl (C=O) groups excluding carboxylic acids is 1. The van der Waals surface area contributed by atoms with Gasteiger partial charge in [0.15, 0.2) is 0 Å². The van der Waals surface area contributed by atoms with Crippen LogP contribution in [0.4, 0.5) is 4.79 Å². The van der Waals surface area contributed by atoms with Gasteiger partial charge in [-0.05, 0) is 39.7 Å². The van der Waals surface area contributed by atoms with Crippen LogP contribution in [0.25, 0.3) is 0 Å². The van der Waals surface area contributed by atoms with E-state index >= 15 is 0 Å². The Labute approximate surface area is 113 Å². The maximum absolute atomic E-state index is 11.9. The molecule has 2 heterocycles. The van der Waals surface area contributed by atoms with Crippen molar-refractivity contribution in [2.75, 3.05) is 13.1 Å². The summed E-state index contributed by atoms with van der Waals surface area (Å²) in [5.74, 6) is 0. The lowest BCUT2D eigenvalue weighted by Crippen LogP contribution is -2.46. The number of carbonyl (C=O) groups is 1. The lowest BCUT2D eigenvalue weighted by molar-refractivity contribution is -0.0359. The van der Waals surface area contributed by atoms with Crippen molar-refractivity contribution in [2.45, 2.75) is 44.8 Å². The average molecular weight is 267 g/mol. The SMILES string of the molecule is CC(C)(C)OC(=O)N1CCC(O)(c2ccoc2)CC1. The molecule has 19 heavy (non-hydrogen) atoms. The molecule has 0 bridgehead atoms. The smallest absolute Gasteiger partial charge is 0.410 e. The number of amides is 1. The Morgan fingerprint density at radius 3 is 2.53 bits per heavy atom. The highest BCUT2D eigenvalue weighted by atomic mass is 16.6. The number of hydrogen-bond acceptors (Lipinski definition) is 4. The molecule has 0 aliphatic carbocycles. The highest BCUT2D eigenvalue weighted by molar-refractivity contribution is 5.68. The normalized spacial score (nSPS) is 19.3. The first kappa shape index (κ1) is 13.9. The first-order valence-electron chi connectivity index (χ1n) is 6.53. The molecule has 0 atom stereocenters. The zero-order chi connectivity index (χ0) is 14.1. The summed E-state index contributed by atoms with van der Waals surface area (Å²) in [5, 5.41) is 10.5. The zero-order valence-electron chi connectivity index (χ0n) is 11.7. The van der Waals surface area contributed by atoms with Crippen LogP contribution in [0, 0.1) is 0 Å². The standard InChI is InChI=1S/C14H21NO4/c1-13(2,3)19-12(16)15-7-5-14(17,6-8-15)11-4-9-18-10-11/h4,9-10,17H,5-8H2,1-3H3. The number of furan rings is 1. The van der Waals surface area contributed by atoms with E-state index in [4.69, 9.17) is 9.15 Å². The second kappa shape index (κ2) is 4.89. The van der Waals surface area contributed by atoms with Crippen LogP contribution in [-0.4, -0.2) is 34.8 Å². The molecule has 1 saturated heterocycles. The quantitative estimate of drug-likeness (QED) is 0.849. The van der Waals surface area contributed by atoms with Gasteiger partial charge in [-0.25, -0.2) is 4.79 Å². The van der Waals surface area contributed by atoms with Crippen LogP contribution in [0.5, 0.6) is 0 Å². The van der Waals surface area contributed by atoms with Crippen molar-refractivity contribution in [1.29, 1.82) is 0 Å². The van der Waals surface area contributed by atoms with Crippen molar-refractivity contribution in [2.24, 2.45) is 0 Å². The molecule has 1 aliphatic rings. The van der Waals surface area contributed by atoms with E-state index in [1.54, 1.807) is 23.5 Å². The maximum atomic E-state index is 11.9. The Hall–Kier alpha value is -1.49. The third kappa shape index (κ3) is 3.29. The Morgan fingerprint density at radius 1 is 1.42 bits per heavy atom. The largest absolute Gasteiger partial charge is 0.472 e. The molecule has 2 rings (SSSR count). The minimum atomic E-state index is -0.897. The molecule has 5 heteroatoms. The Balaban J connectivity index is 1.94. The molecule has 1 fully saturated rings. The van der Waals surface area contributed by atoms with Crippen molar-refractivity contribution in [3.63, 3.8) is 0 Å². The van der Waals surface area contributed by atoms with Gasteiger partial charge in [-0.2, -0.15) is 0 Å². The molecule has 1 aromatic rings. The summed E-state index contributed by atoms with van der Waals surface area (Å²) in [5.41, 5.74) is -0.614. The number of hydrogen-bond donors (Lipinski definition) is 1. The summed E-state index contributed by atoms with van der Waals surface area (Å²) in [4.78, 5) is 13.6. The van der Waals surface area contributed by atoms with E-state index in [1.807, 2.05) is 20.8 Å². The monoisotopic (exact) mass is 267 g/mol. The van der Waals surface area contributed by atoms with E-state index in [2.05, 4.69) is 0 Å². The first-order chi connectivity index (χ1) is 8.80. The summed E-state index contributed by atoms with van der Waals surface area (Å²) < 4.78 is 10.3. The van der Waals surface area contributed by atoms with E-state index in [1.165, 1.54) is 0 Å². The van der Waals surface area contributed by atoms with E-state index in [9.17, 15) is 9.90 Å². The average Bonchev–Trinajstić information content (AvgIpc) is 2.81. The minimum Gasteiger partial charge on any atom is -0.472 e. The van der Waals surface area contributed by atoms with Crippen molar-refractivity contribution >= 4 is 6.09 Å². The van der Waals surface area contributed by atoms with Crippen LogP contribution in [0.15, 0.2) is 23.0 Å².